The number of rotatable bonds is 13. The van der Waals surface area contributed by atoms with Crippen LogP contribution in [0.3, 0.4) is 0 Å². The second-order valence-corrected chi connectivity index (χ2v) is 9.79. The molecule has 1 heterocycles. The minimum Gasteiger partial charge on any atom is -0.375 e. The van der Waals surface area contributed by atoms with E-state index >= 15 is 0 Å². The van der Waals surface area contributed by atoms with E-state index in [1.807, 2.05) is 0 Å². The average molecular weight is 395 g/mol. The Hall–Kier alpha value is -0.120. The molecule has 1 saturated carbocycles. The normalized spacial score (nSPS) is 27.0. The van der Waals surface area contributed by atoms with E-state index in [1.165, 1.54) is 103 Å². The summed E-state index contributed by atoms with van der Waals surface area (Å²) in [6.45, 7) is 14.3. The molecule has 2 fully saturated rings. The number of ether oxygens (including phenoxy) is 1. The average Bonchev–Trinajstić information content (AvgIpc) is 2.72. The van der Waals surface area contributed by atoms with Gasteiger partial charge in [-0.3, -0.25) is 0 Å². The monoisotopic (exact) mass is 394 g/mol. The third kappa shape index (κ3) is 9.13. The number of hydrogen-bond donors (Lipinski definition) is 1. The lowest BCUT2D eigenvalue weighted by atomic mass is 9.87. The number of nitrogens with zero attached hydrogens (tertiary/aromatic N) is 1. The lowest BCUT2D eigenvalue weighted by Gasteiger charge is -2.37. The van der Waals surface area contributed by atoms with Crippen molar-refractivity contribution in [1.82, 2.24) is 10.2 Å². The topological polar surface area (TPSA) is 24.5 Å². The molecule has 1 saturated heterocycles. The molecule has 28 heavy (non-hydrogen) atoms. The van der Waals surface area contributed by atoms with Crippen molar-refractivity contribution in [2.45, 2.75) is 123 Å². The molecule has 2 atom stereocenters. The van der Waals surface area contributed by atoms with Crippen molar-refractivity contribution < 1.29 is 4.74 Å². The van der Waals surface area contributed by atoms with Gasteiger partial charge in [-0.2, -0.15) is 0 Å². The zero-order valence-corrected chi connectivity index (χ0v) is 19.6. The molecule has 3 nitrogen and oxygen atoms in total. The predicted molar refractivity (Wildman–Crippen MR) is 122 cm³/mol. The molecule has 0 aromatic rings. The Labute approximate surface area is 176 Å². The Morgan fingerprint density at radius 1 is 0.893 bits per heavy atom. The van der Waals surface area contributed by atoms with Gasteiger partial charge in [-0.15, -0.1) is 0 Å². The quantitative estimate of drug-likeness (QED) is 0.413. The van der Waals surface area contributed by atoms with Crippen LogP contribution in [0.25, 0.3) is 0 Å². The number of nitrogens with one attached hydrogen (secondary N) is 1. The molecule has 0 spiro atoms. The van der Waals surface area contributed by atoms with Gasteiger partial charge in [0, 0.05) is 25.7 Å². The van der Waals surface area contributed by atoms with E-state index in [9.17, 15) is 0 Å². The van der Waals surface area contributed by atoms with E-state index in [0.29, 0.717) is 18.2 Å². The van der Waals surface area contributed by atoms with Crippen LogP contribution < -0.4 is 5.32 Å². The van der Waals surface area contributed by atoms with Gasteiger partial charge in [0.1, 0.15) is 0 Å². The standard InChI is InChI=1S/C25H50N2O/c1-5-8-10-21(4)26-19-23-11-13-24(14-12-23)28-25-15-17-27(18-16-25)20-22(7-3)9-6-2/h21-26H,5-20H2,1-4H3/t21?,22?,23-,24-. The van der Waals surface area contributed by atoms with E-state index in [-0.39, 0.29) is 0 Å². The second kappa shape index (κ2) is 14.0. The van der Waals surface area contributed by atoms with Crippen LogP contribution in [0.5, 0.6) is 0 Å². The van der Waals surface area contributed by atoms with Crippen LogP contribution in [0.1, 0.15) is 105 Å². The van der Waals surface area contributed by atoms with Crippen molar-refractivity contribution in [2.24, 2.45) is 11.8 Å². The Balaban J connectivity index is 1.56. The Morgan fingerprint density at radius 3 is 2.18 bits per heavy atom. The van der Waals surface area contributed by atoms with E-state index in [4.69, 9.17) is 4.74 Å². The molecule has 2 unspecified atom stereocenters. The van der Waals surface area contributed by atoms with Crippen LogP contribution >= 0.6 is 0 Å². The minimum atomic E-state index is 0.524. The van der Waals surface area contributed by atoms with Gasteiger partial charge >= 0.3 is 0 Å². The molecule has 0 bridgehead atoms. The molecule has 2 rings (SSSR count). The maximum Gasteiger partial charge on any atom is 0.0603 e. The summed E-state index contributed by atoms with van der Waals surface area (Å²) >= 11 is 0. The summed E-state index contributed by atoms with van der Waals surface area (Å²) in [5, 5.41) is 3.77. The zero-order chi connectivity index (χ0) is 20.2. The maximum atomic E-state index is 6.54. The van der Waals surface area contributed by atoms with Crippen molar-refractivity contribution in [2.75, 3.05) is 26.2 Å². The Kier molecular flexibility index (Phi) is 12.1. The van der Waals surface area contributed by atoms with Crippen LogP contribution in [0.2, 0.25) is 0 Å². The highest BCUT2D eigenvalue weighted by Gasteiger charge is 2.27. The maximum absolute atomic E-state index is 6.54. The molecular formula is C25H50N2O. The van der Waals surface area contributed by atoms with Crippen molar-refractivity contribution in [3.05, 3.63) is 0 Å². The van der Waals surface area contributed by atoms with E-state index < -0.39 is 0 Å². The van der Waals surface area contributed by atoms with Crippen molar-refractivity contribution >= 4 is 0 Å². The highest BCUT2D eigenvalue weighted by Crippen LogP contribution is 2.29. The molecule has 0 amide bonds. The van der Waals surface area contributed by atoms with Gasteiger partial charge < -0.3 is 15.0 Å². The molecule has 3 heteroatoms. The SMILES string of the molecule is CCCCC(C)NC[C@H]1CC[C@H](OC2CCN(CC(CC)CCC)CC2)CC1. The first kappa shape index (κ1) is 24.2. The third-order valence-electron chi connectivity index (χ3n) is 7.25. The molecule has 1 aliphatic carbocycles. The van der Waals surface area contributed by atoms with Gasteiger partial charge in [-0.1, -0.05) is 46.5 Å². The first-order chi connectivity index (χ1) is 13.6. The summed E-state index contributed by atoms with van der Waals surface area (Å²) in [6, 6.07) is 0.684. The molecule has 1 aliphatic heterocycles. The molecule has 0 aromatic carbocycles. The summed E-state index contributed by atoms with van der Waals surface area (Å²) in [6.07, 6.45) is 16.9. The third-order valence-corrected chi connectivity index (χ3v) is 7.25. The van der Waals surface area contributed by atoms with Crippen LogP contribution in [0.15, 0.2) is 0 Å². The molecule has 1 N–H and O–H groups in total. The highest BCUT2D eigenvalue weighted by atomic mass is 16.5. The fourth-order valence-electron chi connectivity index (χ4n) is 5.15. The minimum absolute atomic E-state index is 0.524. The Morgan fingerprint density at radius 2 is 1.57 bits per heavy atom. The highest BCUT2D eigenvalue weighted by molar-refractivity contribution is 4.79. The van der Waals surface area contributed by atoms with Gasteiger partial charge in [0.2, 0.25) is 0 Å². The predicted octanol–water partition coefficient (Wildman–Crippen LogP) is 6.02. The summed E-state index contributed by atoms with van der Waals surface area (Å²) < 4.78 is 6.54. The van der Waals surface area contributed by atoms with E-state index in [2.05, 4.69) is 37.9 Å². The lowest BCUT2D eigenvalue weighted by Crippen LogP contribution is -2.41. The number of piperidine rings is 1. The molecule has 2 aliphatic rings. The van der Waals surface area contributed by atoms with Crippen LogP contribution in [0.4, 0.5) is 0 Å². The molecule has 166 valence electrons. The fraction of sp³-hybridized carbons (Fsp3) is 1.00. The Bertz CT molecular complexity index is 373. The van der Waals surface area contributed by atoms with Crippen LogP contribution in [-0.2, 0) is 4.74 Å². The van der Waals surface area contributed by atoms with Gasteiger partial charge in [-0.05, 0) is 76.7 Å². The first-order valence-corrected chi connectivity index (χ1v) is 12.8. The summed E-state index contributed by atoms with van der Waals surface area (Å²) in [7, 11) is 0. The number of unbranched alkanes of at least 4 members (excludes halogenated alkanes) is 1. The van der Waals surface area contributed by atoms with Gasteiger partial charge in [0.15, 0.2) is 0 Å². The van der Waals surface area contributed by atoms with E-state index in [0.717, 1.165) is 11.8 Å². The second-order valence-electron chi connectivity index (χ2n) is 9.79. The lowest BCUT2D eigenvalue weighted by molar-refractivity contribution is -0.0620. The summed E-state index contributed by atoms with van der Waals surface area (Å²) in [5.74, 6) is 1.77. The molecule has 0 radical (unpaired) electrons. The smallest absolute Gasteiger partial charge is 0.0603 e. The van der Waals surface area contributed by atoms with Gasteiger partial charge in [0.25, 0.3) is 0 Å². The fourth-order valence-corrected chi connectivity index (χ4v) is 5.15. The number of hydrogen-bond acceptors (Lipinski definition) is 3. The van der Waals surface area contributed by atoms with Crippen LogP contribution in [-0.4, -0.2) is 49.3 Å². The molecular weight excluding hydrogens is 344 g/mol. The molecule has 0 aromatic heterocycles. The van der Waals surface area contributed by atoms with E-state index in [1.54, 1.807) is 0 Å². The largest absolute Gasteiger partial charge is 0.375 e. The van der Waals surface area contributed by atoms with Crippen LogP contribution in [0, 0.1) is 11.8 Å². The van der Waals surface area contributed by atoms with Crippen molar-refractivity contribution in [1.29, 1.82) is 0 Å². The number of likely N-dealkylation sites (tertiary alicyclic amines) is 1. The summed E-state index contributed by atoms with van der Waals surface area (Å²) in [5.41, 5.74) is 0. The van der Waals surface area contributed by atoms with Crippen molar-refractivity contribution in [3.63, 3.8) is 0 Å². The summed E-state index contributed by atoms with van der Waals surface area (Å²) in [4.78, 5) is 2.70. The van der Waals surface area contributed by atoms with Gasteiger partial charge in [-0.25, -0.2) is 0 Å². The zero-order valence-electron chi connectivity index (χ0n) is 19.6. The van der Waals surface area contributed by atoms with Crippen molar-refractivity contribution in [3.8, 4) is 0 Å². The first-order valence-electron chi connectivity index (χ1n) is 12.8. The van der Waals surface area contributed by atoms with Gasteiger partial charge in [0.05, 0.1) is 12.2 Å².